The van der Waals surface area contributed by atoms with Crippen molar-refractivity contribution in [3.05, 3.63) is 16.1 Å². The van der Waals surface area contributed by atoms with E-state index in [-0.39, 0.29) is 0 Å². The second-order valence-electron chi connectivity index (χ2n) is 9.42. The first-order chi connectivity index (χ1) is 13.8. The van der Waals surface area contributed by atoms with E-state index in [2.05, 4.69) is 32.8 Å². The Bertz CT molecular complexity index is 577. The highest BCUT2D eigenvalue weighted by molar-refractivity contribution is 7.11. The van der Waals surface area contributed by atoms with E-state index in [4.69, 9.17) is 0 Å². The molecule has 4 rings (SSSR count). The summed E-state index contributed by atoms with van der Waals surface area (Å²) in [5.74, 6) is 0.852. The monoisotopic (exact) mass is 404 g/mol. The molecule has 1 atom stereocenters. The largest absolute Gasteiger partial charge is 0.302 e. The Hall–Kier alpha value is -0.490. The molecule has 0 amide bonds. The van der Waals surface area contributed by atoms with Crippen LogP contribution in [0.3, 0.4) is 0 Å². The number of aryl methyl sites for hydroxylation is 1. The van der Waals surface area contributed by atoms with Gasteiger partial charge in [-0.05, 0) is 71.0 Å². The molecule has 3 aliphatic rings. The summed E-state index contributed by atoms with van der Waals surface area (Å²) >= 11 is 1.88. The Morgan fingerprint density at radius 1 is 1.04 bits per heavy atom. The maximum Gasteiger partial charge on any atom is 0.0897 e. The molecule has 5 heteroatoms. The second kappa shape index (κ2) is 10.5. The minimum absolute atomic E-state index is 0.852. The fraction of sp³-hybridized carbons (Fsp3) is 0.870. The molecule has 2 saturated heterocycles. The number of aromatic nitrogens is 1. The molecular weight excluding hydrogens is 364 g/mol. The van der Waals surface area contributed by atoms with Crippen LogP contribution in [-0.2, 0) is 6.54 Å². The van der Waals surface area contributed by atoms with Gasteiger partial charge < -0.3 is 9.80 Å². The molecule has 0 N–H and O–H groups in total. The van der Waals surface area contributed by atoms with Crippen LogP contribution in [-0.4, -0.2) is 71.5 Å². The van der Waals surface area contributed by atoms with Crippen LogP contribution in [0, 0.1) is 12.8 Å². The number of hydrogen-bond acceptors (Lipinski definition) is 5. The number of likely N-dealkylation sites (tertiary alicyclic amines) is 2. The molecule has 2 aliphatic heterocycles. The van der Waals surface area contributed by atoms with Gasteiger partial charge in [0.05, 0.1) is 5.01 Å². The maximum absolute atomic E-state index is 4.50. The Morgan fingerprint density at radius 3 is 2.61 bits per heavy atom. The first kappa shape index (κ1) is 20.8. The fourth-order valence-electron chi connectivity index (χ4n) is 5.61. The lowest BCUT2D eigenvalue weighted by Gasteiger charge is -2.39. The van der Waals surface area contributed by atoms with Crippen LogP contribution in [0.4, 0.5) is 0 Å². The van der Waals surface area contributed by atoms with Crippen molar-refractivity contribution in [3.8, 4) is 0 Å². The first-order valence-electron chi connectivity index (χ1n) is 11.9. The molecule has 1 aliphatic carbocycles. The highest BCUT2D eigenvalue weighted by atomic mass is 32.1. The highest BCUT2D eigenvalue weighted by Gasteiger charge is 2.29. The summed E-state index contributed by atoms with van der Waals surface area (Å²) in [5.41, 5.74) is 0. The van der Waals surface area contributed by atoms with E-state index < -0.39 is 0 Å². The minimum Gasteiger partial charge on any atom is -0.302 e. The Balaban J connectivity index is 1.33. The molecule has 1 unspecified atom stereocenters. The van der Waals surface area contributed by atoms with Crippen molar-refractivity contribution < 1.29 is 0 Å². The lowest BCUT2D eigenvalue weighted by Crippen LogP contribution is -2.46. The molecule has 3 fully saturated rings. The molecular formula is C23H40N4S. The van der Waals surface area contributed by atoms with E-state index in [9.17, 15) is 0 Å². The van der Waals surface area contributed by atoms with Gasteiger partial charge in [0.15, 0.2) is 0 Å². The maximum atomic E-state index is 4.50. The smallest absolute Gasteiger partial charge is 0.0897 e. The quantitative estimate of drug-likeness (QED) is 0.641. The van der Waals surface area contributed by atoms with Gasteiger partial charge >= 0.3 is 0 Å². The normalized spacial score (nSPS) is 25.7. The van der Waals surface area contributed by atoms with Crippen LogP contribution in [0.1, 0.15) is 67.7 Å². The number of thiazole rings is 1. The zero-order valence-corrected chi connectivity index (χ0v) is 18.8. The standard InChI is InChI=1S/C23H40N4S/c1-20-24-16-23(28-20)19-26(15-14-25-11-5-2-6-12-25)17-21-8-7-13-27(18-21)22-9-3-4-10-22/h16,21-22H,2-15,17-19H2,1H3. The van der Waals surface area contributed by atoms with Crippen molar-refractivity contribution in [3.63, 3.8) is 0 Å². The van der Waals surface area contributed by atoms with Crippen molar-refractivity contribution >= 4 is 11.3 Å². The third-order valence-corrected chi connectivity index (χ3v) is 8.04. The number of hydrogen-bond donors (Lipinski definition) is 0. The molecule has 4 nitrogen and oxygen atoms in total. The van der Waals surface area contributed by atoms with Crippen molar-refractivity contribution in [2.45, 2.75) is 77.3 Å². The average molecular weight is 405 g/mol. The van der Waals surface area contributed by atoms with Crippen molar-refractivity contribution in [2.24, 2.45) is 5.92 Å². The predicted molar refractivity (Wildman–Crippen MR) is 119 cm³/mol. The van der Waals surface area contributed by atoms with Crippen LogP contribution >= 0.6 is 11.3 Å². The molecule has 0 spiro atoms. The summed E-state index contributed by atoms with van der Waals surface area (Å²) in [7, 11) is 0. The van der Waals surface area contributed by atoms with E-state index in [0.717, 1.165) is 18.5 Å². The molecule has 1 saturated carbocycles. The summed E-state index contributed by atoms with van der Waals surface area (Å²) in [4.78, 5) is 14.2. The Kier molecular flexibility index (Phi) is 7.80. The molecule has 158 valence electrons. The van der Waals surface area contributed by atoms with Crippen LogP contribution in [0.5, 0.6) is 0 Å². The van der Waals surface area contributed by atoms with Crippen LogP contribution in [0.2, 0.25) is 0 Å². The molecule has 3 heterocycles. The van der Waals surface area contributed by atoms with Gasteiger partial charge in [-0.1, -0.05) is 19.3 Å². The zero-order valence-electron chi connectivity index (χ0n) is 17.9. The minimum atomic E-state index is 0.852. The van der Waals surface area contributed by atoms with Crippen molar-refractivity contribution in [2.75, 3.05) is 45.8 Å². The predicted octanol–water partition coefficient (Wildman–Crippen LogP) is 4.39. The third-order valence-electron chi connectivity index (χ3n) is 7.14. The topological polar surface area (TPSA) is 22.6 Å². The SMILES string of the molecule is Cc1ncc(CN(CCN2CCCCC2)CC2CCCN(C3CCCC3)C2)s1. The summed E-state index contributed by atoms with van der Waals surface area (Å²) in [6, 6.07) is 0.897. The molecule has 1 aromatic rings. The molecule has 1 aromatic heterocycles. The molecule has 0 aromatic carbocycles. The first-order valence-corrected chi connectivity index (χ1v) is 12.7. The second-order valence-corrected chi connectivity index (χ2v) is 10.7. The number of piperidine rings is 2. The van der Waals surface area contributed by atoms with Crippen LogP contribution < -0.4 is 0 Å². The highest BCUT2D eigenvalue weighted by Crippen LogP contribution is 2.28. The van der Waals surface area contributed by atoms with E-state index in [0.29, 0.717) is 0 Å². The summed E-state index contributed by atoms with van der Waals surface area (Å²) in [6.45, 7) is 12.3. The van der Waals surface area contributed by atoms with E-state index >= 15 is 0 Å². The van der Waals surface area contributed by atoms with Gasteiger partial charge in [0.1, 0.15) is 0 Å². The van der Waals surface area contributed by atoms with Gasteiger partial charge in [-0.25, -0.2) is 4.98 Å². The molecule has 28 heavy (non-hydrogen) atoms. The lowest BCUT2D eigenvalue weighted by atomic mass is 9.95. The fourth-order valence-corrected chi connectivity index (χ4v) is 6.45. The zero-order chi connectivity index (χ0) is 19.2. The van der Waals surface area contributed by atoms with Gasteiger partial charge in [0.2, 0.25) is 0 Å². The average Bonchev–Trinajstić information content (AvgIpc) is 3.39. The lowest BCUT2D eigenvalue weighted by molar-refractivity contribution is 0.0915. The van der Waals surface area contributed by atoms with E-state index in [1.54, 1.807) is 0 Å². The van der Waals surface area contributed by atoms with Crippen LogP contribution in [0.15, 0.2) is 6.20 Å². The molecule has 0 radical (unpaired) electrons. The number of rotatable bonds is 8. The summed E-state index contributed by atoms with van der Waals surface area (Å²) in [6.07, 6.45) is 15.0. The van der Waals surface area contributed by atoms with E-state index in [1.807, 2.05) is 11.3 Å². The van der Waals surface area contributed by atoms with Gasteiger partial charge in [-0.15, -0.1) is 11.3 Å². The third kappa shape index (κ3) is 6.01. The summed E-state index contributed by atoms with van der Waals surface area (Å²) < 4.78 is 0. The number of nitrogens with zero attached hydrogens (tertiary/aromatic N) is 4. The molecule has 0 bridgehead atoms. The summed E-state index contributed by atoms with van der Waals surface area (Å²) in [5, 5.41) is 1.20. The van der Waals surface area contributed by atoms with Gasteiger partial charge in [0.25, 0.3) is 0 Å². The Labute approximate surface area is 176 Å². The van der Waals surface area contributed by atoms with Gasteiger partial charge in [0, 0.05) is 49.8 Å². The van der Waals surface area contributed by atoms with Gasteiger partial charge in [-0.3, -0.25) is 4.90 Å². The van der Waals surface area contributed by atoms with E-state index in [1.165, 1.54) is 113 Å². The Morgan fingerprint density at radius 2 is 1.86 bits per heavy atom. The van der Waals surface area contributed by atoms with Crippen molar-refractivity contribution in [1.82, 2.24) is 19.7 Å². The van der Waals surface area contributed by atoms with Gasteiger partial charge in [-0.2, -0.15) is 0 Å². The van der Waals surface area contributed by atoms with Crippen LogP contribution in [0.25, 0.3) is 0 Å². The van der Waals surface area contributed by atoms with Crippen molar-refractivity contribution in [1.29, 1.82) is 0 Å².